The number of hydrogen-bond donors (Lipinski definition) is 0. The van der Waals surface area contributed by atoms with Crippen molar-refractivity contribution >= 4 is 11.6 Å². The van der Waals surface area contributed by atoms with E-state index in [1.54, 1.807) is 6.07 Å². The van der Waals surface area contributed by atoms with Crippen molar-refractivity contribution in [2.24, 2.45) is 0 Å². The van der Waals surface area contributed by atoms with Gasteiger partial charge in [0.2, 0.25) is 11.6 Å². The number of alkyl halides is 3. The van der Waals surface area contributed by atoms with E-state index in [1.165, 1.54) is 24.3 Å². The molecule has 5 heteroatoms. The van der Waals surface area contributed by atoms with Gasteiger partial charge in [0.25, 0.3) is 0 Å². The van der Waals surface area contributed by atoms with Gasteiger partial charge in [-0.05, 0) is 12.8 Å². The van der Waals surface area contributed by atoms with Crippen LogP contribution in [0.25, 0.3) is 0 Å². The van der Waals surface area contributed by atoms with Crippen LogP contribution in [-0.4, -0.2) is 24.2 Å². The van der Waals surface area contributed by atoms with Crippen molar-refractivity contribution in [3.05, 3.63) is 35.9 Å². The quantitative estimate of drug-likeness (QED) is 0.335. The molecule has 0 heterocycles. The van der Waals surface area contributed by atoms with E-state index in [0.29, 0.717) is 19.3 Å². The van der Waals surface area contributed by atoms with Crippen LogP contribution in [0.3, 0.4) is 0 Å². The highest BCUT2D eigenvalue weighted by Gasteiger charge is 2.46. The number of halogens is 3. The lowest BCUT2D eigenvalue weighted by Gasteiger charge is -2.13. The first kappa shape index (κ1) is 18.4. The molecule has 0 aliphatic carbocycles. The molecule has 1 aromatic carbocycles. The molecule has 0 saturated heterocycles. The number of Topliss-reactive ketones (excluding diaryl/α,β-unsaturated/α-hetero) is 2. The van der Waals surface area contributed by atoms with Crippen molar-refractivity contribution in [3.8, 4) is 0 Å². The topological polar surface area (TPSA) is 34.1 Å². The summed E-state index contributed by atoms with van der Waals surface area (Å²) >= 11 is 0. The Bertz CT molecular complexity index is 472. The molecule has 0 fully saturated rings. The smallest absolute Gasteiger partial charge is 0.292 e. The highest BCUT2D eigenvalue weighted by atomic mass is 19.3. The van der Waals surface area contributed by atoms with E-state index in [4.69, 9.17) is 0 Å². The zero-order valence-corrected chi connectivity index (χ0v) is 12.5. The van der Waals surface area contributed by atoms with E-state index in [-0.39, 0.29) is 18.7 Å². The fourth-order valence-electron chi connectivity index (χ4n) is 2.14. The Labute approximate surface area is 128 Å². The molecule has 0 N–H and O–H groups in total. The van der Waals surface area contributed by atoms with Gasteiger partial charge in [0.05, 0.1) is 6.67 Å². The van der Waals surface area contributed by atoms with Crippen LogP contribution in [0, 0.1) is 0 Å². The van der Waals surface area contributed by atoms with E-state index >= 15 is 0 Å². The van der Waals surface area contributed by atoms with Crippen LogP contribution in [0.2, 0.25) is 0 Å². The fourth-order valence-corrected chi connectivity index (χ4v) is 2.14. The van der Waals surface area contributed by atoms with Crippen LogP contribution in [0.5, 0.6) is 0 Å². The molecule has 0 spiro atoms. The second-order valence-corrected chi connectivity index (χ2v) is 5.25. The summed E-state index contributed by atoms with van der Waals surface area (Å²) in [5.74, 6) is -6.73. The average Bonchev–Trinajstić information content (AvgIpc) is 2.53. The number of unbranched alkanes of at least 4 members (excludes halogenated alkanes) is 5. The summed E-state index contributed by atoms with van der Waals surface area (Å²) < 4.78 is 39.5. The molecule has 1 rings (SSSR count). The van der Waals surface area contributed by atoms with Crippen molar-refractivity contribution in [2.45, 2.75) is 50.9 Å². The van der Waals surface area contributed by atoms with Gasteiger partial charge in [-0.15, -0.1) is 0 Å². The van der Waals surface area contributed by atoms with Crippen molar-refractivity contribution in [1.29, 1.82) is 0 Å². The Balaban J connectivity index is 2.38. The summed E-state index contributed by atoms with van der Waals surface area (Å²) in [6.07, 6.45) is 3.55. The standard InChI is InChI=1S/C17H21F3O2/c18-13-9-4-2-1-3-8-12-15(21)17(19,20)16(22)14-10-6-5-7-11-14/h5-7,10-11H,1-4,8-9,12-13H2. The molecule has 2 nitrogen and oxygen atoms in total. The number of benzene rings is 1. The maximum absolute atomic E-state index is 13.8. The predicted molar refractivity (Wildman–Crippen MR) is 79.0 cm³/mol. The van der Waals surface area contributed by atoms with Crippen molar-refractivity contribution in [3.63, 3.8) is 0 Å². The molecule has 0 unspecified atom stereocenters. The molecule has 0 aliphatic rings. The van der Waals surface area contributed by atoms with Gasteiger partial charge in [-0.3, -0.25) is 14.0 Å². The Hall–Kier alpha value is -1.65. The highest BCUT2D eigenvalue weighted by molar-refractivity contribution is 6.15. The molecular weight excluding hydrogens is 293 g/mol. The fraction of sp³-hybridized carbons (Fsp3) is 0.529. The van der Waals surface area contributed by atoms with E-state index in [9.17, 15) is 22.8 Å². The minimum absolute atomic E-state index is 0.160. The molecule has 0 saturated carbocycles. The van der Waals surface area contributed by atoms with Gasteiger partial charge in [0.15, 0.2) is 0 Å². The monoisotopic (exact) mass is 314 g/mol. The first-order valence-electron chi connectivity index (χ1n) is 7.57. The number of carbonyl (C=O) groups is 2. The highest BCUT2D eigenvalue weighted by Crippen LogP contribution is 2.24. The van der Waals surface area contributed by atoms with Crippen LogP contribution < -0.4 is 0 Å². The minimum Gasteiger partial charge on any atom is -0.292 e. The third kappa shape index (κ3) is 5.62. The van der Waals surface area contributed by atoms with Gasteiger partial charge >= 0.3 is 5.92 Å². The van der Waals surface area contributed by atoms with E-state index in [0.717, 1.165) is 19.3 Å². The lowest BCUT2D eigenvalue weighted by Crippen LogP contribution is -2.37. The number of rotatable bonds is 11. The second-order valence-electron chi connectivity index (χ2n) is 5.25. The number of hydrogen-bond acceptors (Lipinski definition) is 2. The molecule has 122 valence electrons. The summed E-state index contributed by atoms with van der Waals surface area (Å²) in [7, 11) is 0. The molecule has 0 atom stereocenters. The van der Waals surface area contributed by atoms with Gasteiger partial charge in [-0.25, -0.2) is 0 Å². The van der Waals surface area contributed by atoms with Gasteiger partial charge in [-0.2, -0.15) is 8.78 Å². The Morgan fingerprint density at radius 2 is 1.41 bits per heavy atom. The molecular formula is C17H21F3O2. The molecule has 22 heavy (non-hydrogen) atoms. The normalized spacial score (nSPS) is 11.4. The van der Waals surface area contributed by atoms with Crippen LogP contribution in [0.1, 0.15) is 55.3 Å². The summed E-state index contributed by atoms with van der Waals surface area (Å²) in [5, 5.41) is 0. The maximum atomic E-state index is 13.8. The molecule has 0 aliphatic heterocycles. The molecule has 1 aromatic rings. The van der Waals surface area contributed by atoms with Crippen molar-refractivity contribution < 1.29 is 22.8 Å². The van der Waals surface area contributed by atoms with Gasteiger partial charge in [0, 0.05) is 12.0 Å². The molecule has 0 bridgehead atoms. The second kappa shape index (κ2) is 9.38. The van der Waals surface area contributed by atoms with Crippen LogP contribution >= 0.6 is 0 Å². The van der Waals surface area contributed by atoms with E-state index in [2.05, 4.69) is 0 Å². The third-order valence-electron chi connectivity index (χ3n) is 3.46. The number of carbonyl (C=O) groups excluding carboxylic acids is 2. The Morgan fingerprint density at radius 3 is 2.00 bits per heavy atom. The van der Waals surface area contributed by atoms with Crippen molar-refractivity contribution in [1.82, 2.24) is 0 Å². The molecule has 0 radical (unpaired) electrons. The summed E-state index contributed by atoms with van der Waals surface area (Å²) in [4.78, 5) is 23.3. The van der Waals surface area contributed by atoms with Gasteiger partial charge in [0.1, 0.15) is 0 Å². The predicted octanol–water partition coefficient (Wildman–Crippen LogP) is 4.77. The van der Waals surface area contributed by atoms with Gasteiger partial charge in [-0.1, -0.05) is 56.0 Å². The third-order valence-corrected chi connectivity index (χ3v) is 3.46. The van der Waals surface area contributed by atoms with E-state index < -0.39 is 17.5 Å². The lowest BCUT2D eigenvalue weighted by molar-refractivity contribution is -0.137. The largest absolute Gasteiger partial charge is 0.366 e. The molecule has 0 amide bonds. The summed E-state index contributed by atoms with van der Waals surface area (Å²) in [5.41, 5.74) is -0.160. The SMILES string of the molecule is O=C(CCCCCCCCF)C(F)(F)C(=O)c1ccccc1. The van der Waals surface area contributed by atoms with Crippen molar-refractivity contribution in [2.75, 3.05) is 6.67 Å². The first-order chi connectivity index (χ1) is 10.5. The average molecular weight is 314 g/mol. The summed E-state index contributed by atoms with van der Waals surface area (Å²) in [6, 6.07) is 7.11. The zero-order chi connectivity index (χ0) is 16.4. The zero-order valence-electron chi connectivity index (χ0n) is 12.5. The van der Waals surface area contributed by atoms with Gasteiger partial charge < -0.3 is 0 Å². The van der Waals surface area contributed by atoms with Crippen LogP contribution in [-0.2, 0) is 4.79 Å². The maximum Gasteiger partial charge on any atom is 0.366 e. The lowest BCUT2D eigenvalue weighted by atomic mass is 9.98. The molecule has 0 aromatic heterocycles. The van der Waals surface area contributed by atoms with E-state index in [1.807, 2.05) is 0 Å². The first-order valence-corrected chi connectivity index (χ1v) is 7.57. The Kier molecular flexibility index (Phi) is 7.85. The summed E-state index contributed by atoms with van der Waals surface area (Å²) in [6.45, 7) is -0.341. The van der Waals surface area contributed by atoms with Crippen LogP contribution in [0.4, 0.5) is 13.2 Å². The Morgan fingerprint density at radius 1 is 0.864 bits per heavy atom. The van der Waals surface area contributed by atoms with Crippen LogP contribution in [0.15, 0.2) is 30.3 Å². The number of ketones is 2. The minimum atomic E-state index is -3.96.